The predicted molar refractivity (Wildman–Crippen MR) is 329 cm³/mol. The molecule has 0 fully saturated rings. The minimum Gasteiger partial charge on any atom is -0.343 e. The molecule has 79 heavy (non-hydrogen) atoms. The molecule has 0 aromatic heterocycles. The monoisotopic (exact) mass is 1120 g/mol. The summed E-state index contributed by atoms with van der Waals surface area (Å²) in [5.74, 6) is -0.508. The lowest BCUT2D eigenvalue weighted by Crippen LogP contribution is -2.59. The molecule has 4 atom stereocenters. The number of hydrogen-bond acceptors (Lipinski definition) is 16. The van der Waals surface area contributed by atoms with E-state index in [4.69, 9.17) is 34.4 Å². The van der Waals surface area contributed by atoms with E-state index in [0.717, 1.165) is 89.6 Å². The molecule has 18 nitrogen and oxygen atoms in total. The highest BCUT2D eigenvalue weighted by Crippen LogP contribution is 2.15. The zero-order valence-electron chi connectivity index (χ0n) is 50.0. The van der Waals surface area contributed by atoms with Crippen molar-refractivity contribution < 1.29 is 28.8 Å². The van der Waals surface area contributed by atoms with Crippen molar-refractivity contribution in [2.24, 2.45) is 34.4 Å². The van der Waals surface area contributed by atoms with Crippen molar-refractivity contribution in [3.63, 3.8) is 0 Å². The highest BCUT2D eigenvalue weighted by Gasteiger charge is 2.33. The molecule has 0 spiro atoms. The van der Waals surface area contributed by atoms with E-state index in [9.17, 15) is 28.8 Å². The Balaban J connectivity index is 0. The Morgan fingerprint density at radius 3 is 1.06 bits per heavy atom. The summed E-state index contributed by atoms with van der Waals surface area (Å²) >= 11 is 0. The molecule has 18 heteroatoms. The topological polar surface area (TPSA) is 313 Å². The van der Waals surface area contributed by atoms with Gasteiger partial charge in [0.25, 0.3) is 0 Å². The number of unbranched alkanes of at least 4 members (excludes halogenated alkanes) is 21. The van der Waals surface area contributed by atoms with E-state index in [1.54, 1.807) is 0 Å². The Bertz CT molecular complexity index is 1400. The van der Waals surface area contributed by atoms with Gasteiger partial charge in [-0.15, -0.1) is 0 Å². The molecule has 16 N–H and O–H groups in total. The number of ketones is 2. The molecular weight excluding hydrogens is 997 g/mol. The van der Waals surface area contributed by atoms with E-state index in [2.05, 4.69) is 35.1 Å². The van der Waals surface area contributed by atoms with Crippen LogP contribution in [0.15, 0.2) is 0 Å². The highest BCUT2D eigenvalue weighted by molar-refractivity contribution is 6.10. The molecule has 0 aromatic rings. The smallest absolute Gasteiger partial charge is 0.222 e. The van der Waals surface area contributed by atoms with Gasteiger partial charge >= 0.3 is 0 Å². The summed E-state index contributed by atoms with van der Waals surface area (Å²) in [6, 6.07) is -3.63. The fourth-order valence-corrected chi connectivity index (χ4v) is 9.91. The maximum atomic E-state index is 14.0. The first-order valence-corrected chi connectivity index (χ1v) is 31.8. The van der Waals surface area contributed by atoms with Gasteiger partial charge in [0.15, 0.2) is 11.6 Å². The number of hydrogen-bond donors (Lipinski definition) is 10. The van der Waals surface area contributed by atoms with Crippen molar-refractivity contribution in [3.05, 3.63) is 0 Å². The van der Waals surface area contributed by atoms with Crippen molar-refractivity contribution in [1.82, 2.24) is 31.1 Å². The van der Waals surface area contributed by atoms with Gasteiger partial charge in [0.2, 0.25) is 11.8 Å². The SMILES string of the molecule is C.CCCCCCCCCCCC(=O)N(CCCCN(CCCNC(C(=O)[C@@H](N)CCCCN)C(=O)[C@@H](N)CCCCN)C(=O)CCCCCCCCCCC)CCCNC(N[C@@H](C=O)CCCCN)N[C@@H](C=O)CCCCN. The average molecular weight is 1120 g/mol. The maximum Gasteiger partial charge on any atom is 0.222 e. The van der Waals surface area contributed by atoms with Crippen LogP contribution in [0.2, 0.25) is 0 Å². The molecule has 0 heterocycles. The number of nitrogens with two attached hydrogens (primary N) is 6. The highest BCUT2D eigenvalue weighted by atomic mass is 16.2. The van der Waals surface area contributed by atoms with E-state index in [-0.39, 0.29) is 30.8 Å². The first kappa shape index (κ1) is 78.3. The second-order valence-electron chi connectivity index (χ2n) is 22.1. The maximum absolute atomic E-state index is 14.0. The van der Waals surface area contributed by atoms with Gasteiger partial charge in [-0.05, 0) is 129 Å². The van der Waals surface area contributed by atoms with E-state index in [1.807, 2.05) is 9.80 Å². The van der Waals surface area contributed by atoms with Gasteiger partial charge < -0.3 is 59.1 Å². The second kappa shape index (κ2) is 57.1. The number of aldehydes is 2. The molecule has 2 amide bonds. The standard InChI is InChI=1S/C60H122N12O6.CH4/c1-3-5-7-9-11-13-15-17-19-37-55(75)71(47-31-43-67-57(58(77)53(65)35-23-27-41-63)59(78)54(66)36-24-28-42-64)45-29-30-46-72(56(76)38-20-18-16-14-12-10-8-6-4-2)48-32-44-68-60(69-51(49-73)33-21-25-39-61)70-52(50-74)34-22-26-40-62;/h49-54,57,60,67-70H,3-48,61-66H2,1-2H3;1H4/t51-,52-,53+,54+;/m1./s1. The summed E-state index contributed by atoms with van der Waals surface area (Å²) in [7, 11) is 0. The van der Waals surface area contributed by atoms with Crippen molar-refractivity contribution >= 4 is 36.0 Å². The molecule has 0 radical (unpaired) electrons. The van der Waals surface area contributed by atoms with Crippen molar-refractivity contribution in [2.75, 3.05) is 65.4 Å². The molecule has 0 aliphatic heterocycles. The van der Waals surface area contributed by atoms with E-state index in [1.165, 1.54) is 77.0 Å². The number of nitrogens with one attached hydrogen (secondary N) is 4. The summed E-state index contributed by atoms with van der Waals surface area (Å²) in [4.78, 5) is 83.4. The van der Waals surface area contributed by atoms with Crippen LogP contribution in [0.5, 0.6) is 0 Å². The Labute approximate surface area is 482 Å². The minimum absolute atomic E-state index is 0. The second-order valence-corrected chi connectivity index (χ2v) is 22.1. The molecule has 466 valence electrons. The van der Waals surface area contributed by atoms with Gasteiger partial charge in [-0.1, -0.05) is 150 Å². The number of Topliss-reactive ketones (excluding diaryl/α,β-unsaturated/α-hetero) is 2. The molecule has 0 aromatic carbocycles. The fraction of sp³-hybridized carbons (Fsp3) is 0.902. The average Bonchev–Trinajstić information content (AvgIpc) is 3.44. The molecule has 0 unspecified atom stereocenters. The quantitative estimate of drug-likeness (QED) is 0.0125. The lowest BCUT2D eigenvalue weighted by atomic mass is 9.92. The van der Waals surface area contributed by atoms with E-state index in [0.29, 0.717) is 142 Å². The van der Waals surface area contributed by atoms with Crippen LogP contribution in [0.25, 0.3) is 0 Å². The number of nitrogens with zero attached hydrogens (tertiary/aromatic N) is 2. The lowest BCUT2D eigenvalue weighted by Gasteiger charge is -2.29. The van der Waals surface area contributed by atoms with E-state index < -0.39 is 36.5 Å². The number of carbonyl (C=O) groups is 6. The van der Waals surface area contributed by atoms with Crippen LogP contribution in [0.1, 0.15) is 252 Å². The van der Waals surface area contributed by atoms with Crippen LogP contribution < -0.4 is 55.7 Å². The third-order valence-electron chi connectivity index (χ3n) is 15.0. The van der Waals surface area contributed by atoms with Crippen molar-refractivity contribution in [1.29, 1.82) is 0 Å². The molecule has 0 saturated heterocycles. The fourth-order valence-electron chi connectivity index (χ4n) is 9.91. The van der Waals surface area contributed by atoms with Crippen LogP contribution in [0.3, 0.4) is 0 Å². The first-order valence-electron chi connectivity index (χ1n) is 31.8. The lowest BCUT2D eigenvalue weighted by molar-refractivity contribution is -0.133. The van der Waals surface area contributed by atoms with Crippen molar-refractivity contribution in [3.8, 4) is 0 Å². The minimum atomic E-state index is -1.14. The first-order chi connectivity index (χ1) is 38.0. The third kappa shape index (κ3) is 43.6. The summed E-state index contributed by atoms with van der Waals surface area (Å²) in [6.45, 7) is 9.49. The largest absolute Gasteiger partial charge is 0.343 e. The Morgan fingerprint density at radius 1 is 0.405 bits per heavy atom. The molecule has 0 aliphatic carbocycles. The summed E-state index contributed by atoms with van der Waals surface area (Å²) < 4.78 is 0. The van der Waals surface area contributed by atoms with Crippen LogP contribution in [-0.4, -0.2) is 148 Å². The van der Waals surface area contributed by atoms with Gasteiger partial charge in [0.1, 0.15) is 24.9 Å². The zero-order valence-corrected chi connectivity index (χ0v) is 50.0. The zero-order chi connectivity index (χ0) is 57.7. The number of amides is 2. The van der Waals surface area contributed by atoms with Crippen LogP contribution in [0.4, 0.5) is 0 Å². The van der Waals surface area contributed by atoms with Gasteiger partial charge in [0.05, 0.1) is 24.2 Å². The normalized spacial score (nSPS) is 13.0. The number of carbonyl (C=O) groups excluding carboxylic acids is 6. The number of rotatable bonds is 61. The Hall–Kier alpha value is -2.78. The summed E-state index contributed by atoms with van der Waals surface area (Å²) in [5.41, 5.74) is 35.5. The van der Waals surface area contributed by atoms with Crippen LogP contribution in [-0.2, 0) is 28.8 Å². The molecule has 0 aliphatic rings. The molecular formula is C61H126N12O6. The van der Waals surface area contributed by atoms with Gasteiger partial charge in [0, 0.05) is 39.0 Å². The summed E-state index contributed by atoms with van der Waals surface area (Å²) in [5, 5.41) is 13.4. The molecule has 0 bridgehead atoms. The van der Waals surface area contributed by atoms with Crippen LogP contribution in [0, 0.1) is 0 Å². The van der Waals surface area contributed by atoms with Gasteiger partial charge in [-0.3, -0.25) is 35.1 Å². The molecule has 0 rings (SSSR count). The Morgan fingerprint density at radius 2 is 0.722 bits per heavy atom. The predicted octanol–water partition coefficient (Wildman–Crippen LogP) is 7.14. The van der Waals surface area contributed by atoms with E-state index >= 15 is 0 Å². The molecule has 0 saturated carbocycles. The Kier molecular flexibility index (Phi) is 56.5. The van der Waals surface area contributed by atoms with Crippen molar-refractivity contribution in [2.45, 2.75) is 289 Å². The van der Waals surface area contributed by atoms with Gasteiger partial charge in [-0.2, -0.15) is 0 Å². The van der Waals surface area contributed by atoms with Crippen LogP contribution >= 0.6 is 0 Å². The third-order valence-corrected chi connectivity index (χ3v) is 15.0. The van der Waals surface area contributed by atoms with Gasteiger partial charge in [-0.25, -0.2) is 0 Å². The summed E-state index contributed by atoms with van der Waals surface area (Å²) in [6.07, 6.45) is 34.0.